The SMILES string of the molecule is CCc1ccc(C#Cc2ccc(CC(C)(C)C)cc2)cc1.CCc1ccc(CC(C)(C)C)cn1.CCc1ccc(CC(C)(C)C)nc1.CCc1ccc(CC(C)(C)C)nc1. The molecular weight excluding hydrogens is 727 g/mol. The van der Waals surface area contributed by atoms with E-state index in [0.29, 0.717) is 21.7 Å². The number of aromatic nitrogens is 3. The lowest BCUT2D eigenvalue weighted by Crippen LogP contribution is -2.10. The van der Waals surface area contributed by atoms with E-state index in [4.69, 9.17) is 0 Å². The van der Waals surface area contributed by atoms with Gasteiger partial charge in [-0.2, -0.15) is 0 Å². The molecule has 60 heavy (non-hydrogen) atoms. The molecule has 0 saturated heterocycles. The van der Waals surface area contributed by atoms with Crippen LogP contribution in [0.5, 0.6) is 0 Å². The molecule has 3 heteroatoms. The number of nitrogens with zero attached hydrogens (tertiary/aromatic N) is 3. The Labute approximate surface area is 368 Å². The molecule has 0 fully saturated rings. The Kier molecular flexibility index (Phi) is 21.2. The Balaban J connectivity index is 0.000000283. The van der Waals surface area contributed by atoms with Crippen LogP contribution in [0, 0.1) is 33.5 Å². The van der Waals surface area contributed by atoms with Crippen molar-refractivity contribution < 1.29 is 0 Å². The maximum atomic E-state index is 4.43. The predicted octanol–water partition coefficient (Wildman–Crippen LogP) is 14.9. The first-order chi connectivity index (χ1) is 28.0. The molecular formula is C57H81N3. The minimum Gasteiger partial charge on any atom is -0.261 e. The molecule has 0 unspecified atom stereocenters. The van der Waals surface area contributed by atoms with Crippen LogP contribution in [-0.2, 0) is 51.4 Å². The molecule has 0 radical (unpaired) electrons. The molecule has 5 rings (SSSR count). The molecule has 3 nitrogen and oxygen atoms in total. The second-order valence-corrected chi connectivity index (χ2v) is 21.0. The highest BCUT2D eigenvalue weighted by Crippen LogP contribution is 2.22. The molecule has 5 aromatic rings. The van der Waals surface area contributed by atoms with E-state index in [1.807, 2.05) is 18.6 Å². The molecule has 0 N–H and O–H groups in total. The normalized spacial score (nSPS) is 11.4. The van der Waals surface area contributed by atoms with Gasteiger partial charge >= 0.3 is 0 Å². The number of rotatable bonds is 8. The first kappa shape index (κ1) is 51.6. The van der Waals surface area contributed by atoms with Crippen LogP contribution in [0.25, 0.3) is 0 Å². The minimum atomic E-state index is 0.328. The van der Waals surface area contributed by atoms with Crippen LogP contribution in [0.3, 0.4) is 0 Å². The molecule has 3 heterocycles. The molecule has 3 aromatic heterocycles. The van der Waals surface area contributed by atoms with E-state index in [-0.39, 0.29) is 0 Å². The van der Waals surface area contributed by atoms with Gasteiger partial charge in [0.25, 0.3) is 0 Å². The summed E-state index contributed by atoms with van der Waals surface area (Å²) in [6.45, 7) is 35.6. The highest BCUT2D eigenvalue weighted by Gasteiger charge is 2.14. The third kappa shape index (κ3) is 23.9. The summed E-state index contributed by atoms with van der Waals surface area (Å²) >= 11 is 0. The third-order valence-electron chi connectivity index (χ3n) is 9.40. The van der Waals surface area contributed by atoms with Crippen LogP contribution in [-0.4, -0.2) is 15.0 Å². The number of benzene rings is 2. The summed E-state index contributed by atoms with van der Waals surface area (Å²) in [5, 5.41) is 0. The standard InChI is InChI=1S/C21H24.3C12H19N/c1-5-17-6-8-18(9-7-17)10-11-19-12-14-20(15-13-19)16-21(2,3)4;1-5-11-7-6-10(9-13-11)8-12(2,3)4;2*1-5-10-6-7-11(13-9-10)8-12(2,3)4/h6-9,12-15H,5,16H2,1-4H3;3*6-7,9H,5,8H2,1-4H3. The van der Waals surface area contributed by atoms with Crippen LogP contribution in [0.2, 0.25) is 0 Å². The molecule has 0 saturated carbocycles. The summed E-state index contributed by atoms with van der Waals surface area (Å²) in [7, 11) is 0. The lowest BCUT2D eigenvalue weighted by atomic mass is 9.88. The monoisotopic (exact) mass is 808 g/mol. The van der Waals surface area contributed by atoms with Crippen LogP contribution >= 0.6 is 0 Å². The zero-order chi connectivity index (χ0) is 45.0. The van der Waals surface area contributed by atoms with Crippen LogP contribution in [0.4, 0.5) is 0 Å². The second-order valence-electron chi connectivity index (χ2n) is 21.0. The van der Waals surface area contributed by atoms with Crippen molar-refractivity contribution in [2.75, 3.05) is 0 Å². The molecule has 324 valence electrons. The Morgan fingerprint density at radius 3 is 0.917 bits per heavy atom. The Hall–Kier alpha value is -4.55. The van der Waals surface area contributed by atoms with Gasteiger partial charge in [-0.1, -0.05) is 165 Å². The fourth-order valence-corrected chi connectivity index (χ4v) is 6.29. The smallest absolute Gasteiger partial charge is 0.0409 e. The highest BCUT2D eigenvalue weighted by atomic mass is 14.7. The molecule has 0 atom stereocenters. The lowest BCUT2D eigenvalue weighted by molar-refractivity contribution is 0.406. The molecule has 0 spiro atoms. The molecule has 2 aromatic carbocycles. The van der Waals surface area contributed by atoms with Crippen molar-refractivity contribution in [3.05, 3.63) is 160 Å². The fraction of sp³-hybridized carbons (Fsp3) is 0.491. The Morgan fingerprint density at radius 2 is 0.617 bits per heavy atom. The van der Waals surface area contributed by atoms with E-state index in [2.05, 4.69) is 223 Å². The van der Waals surface area contributed by atoms with E-state index in [1.165, 1.54) is 44.9 Å². The first-order valence-electron chi connectivity index (χ1n) is 22.5. The van der Waals surface area contributed by atoms with Gasteiger partial charge in [-0.05, 0) is 143 Å². The van der Waals surface area contributed by atoms with Gasteiger partial charge in [0.1, 0.15) is 0 Å². The maximum absolute atomic E-state index is 4.43. The van der Waals surface area contributed by atoms with Crippen LogP contribution in [0.15, 0.2) is 104 Å². The van der Waals surface area contributed by atoms with Gasteiger partial charge in [-0.3, -0.25) is 15.0 Å². The van der Waals surface area contributed by atoms with Crippen molar-refractivity contribution in [3.8, 4) is 11.8 Å². The van der Waals surface area contributed by atoms with Crippen molar-refractivity contribution in [1.29, 1.82) is 0 Å². The van der Waals surface area contributed by atoms with E-state index in [1.54, 1.807) is 0 Å². The van der Waals surface area contributed by atoms with E-state index >= 15 is 0 Å². The van der Waals surface area contributed by atoms with Crippen molar-refractivity contribution in [1.82, 2.24) is 15.0 Å². The summed E-state index contributed by atoms with van der Waals surface area (Å²) in [5.41, 5.74) is 13.8. The average molecular weight is 808 g/mol. The van der Waals surface area contributed by atoms with Gasteiger partial charge in [-0.25, -0.2) is 0 Å². The summed E-state index contributed by atoms with van der Waals surface area (Å²) < 4.78 is 0. The molecule has 0 aliphatic carbocycles. The van der Waals surface area contributed by atoms with Crippen molar-refractivity contribution in [2.45, 2.75) is 162 Å². The Morgan fingerprint density at radius 1 is 0.317 bits per heavy atom. The van der Waals surface area contributed by atoms with Gasteiger partial charge in [0, 0.05) is 46.8 Å². The topological polar surface area (TPSA) is 38.7 Å². The maximum Gasteiger partial charge on any atom is 0.0409 e. The van der Waals surface area contributed by atoms with Gasteiger partial charge in [0.05, 0.1) is 0 Å². The van der Waals surface area contributed by atoms with Crippen LogP contribution in [0.1, 0.15) is 167 Å². The number of hydrogen-bond donors (Lipinski definition) is 0. The van der Waals surface area contributed by atoms with E-state index < -0.39 is 0 Å². The zero-order valence-electron chi connectivity index (χ0n) is 40.8. The first-order valence-corrected chi connectivity index (χ1v) is 22.5. The van der Waals surface area contributed by atoms with Crippen molar-refractivity contribution in [2.24, 2.45) is 21.7 Å². The molecule has 0 aliphatic heterocycles. The van der Waals surface area contributed by atoms with E-state index in [9.17, 15) is 0 Å². The minimum absolute atomic E-state index is 0.328. The molecule has 0 bridgehead atoms. The van der Waals surface area contributed by atoms with Gasteiger partial charge in [0.15, 0.2) is 0 Å². The third-order valence-corrected chi connectivity index (χ3v) is 9.40. The highest BCUT2D eigenvalue weighted by molar-refractivity contribution is 5.44. The number of hydrogen-bond acceptors (Lipinski definition) is 3. The fourth-order valence-electron chi connectivity index (χ4n) is 6.29. The quantitative estimate of drug-likeness (QED) is 0.147. The van der Waals surface area contributed by atoms with Gasteiger partial charge < -0.3 is 0 Å². The summed E-state index contributed by atoms with van der Waals surface area (Å²) in [6.07, 6.45) is 14.5. The van der Waals surface area contributed by atoms with Crippen LogP contribution < -0.4 is 0 Å². The summed E-state index contributed by atoms with van der Waals surface area (Å²) in [4.78, 5) is 13.3. The molecule has 0 amide bonds. The number of pyridine rings is 3. The predicted molar refractivity (Wildman–Crippen MR) is 262 cm³/mol. The second kappa shape index (κ2) is 24.6. The zero-order valence-corrected chi connectivity index (χ0v) is 40.8. The largest absolute Gasteiger partial charge is 0.261 e. The summed E-state index contributed by atoms with van der Waals surface area (Å²) in [5.74, 6) is 6.47. The van der Waals surface area contributed by atoms with E-state index in [0.717, 1.165) is 62.5 Å². The molecule has 0 aliphatic rings. The van der Waals surface area contributed by atoms with Gasteiger partial charge in [-0.15, -0.1) is 0 Å². The summed E-state index contributed by atoms with van der Waals surface area (Å²) in [6, 6.07) is 30.1. The average Bonchev–Trinajstić information content (AvgIpc) is 3.17. The van der Waals surface area contributed by atoms with Crippen molar-refractivity contribution >= 4 is 0 Å². The van der Waals surface area contributed by atoms with Crippen molar-refractivity contribution in [3.63, 3.8) is 0 Å². The Bertz CT molecular complexity index is 1820. The number of aryl methyl sites for hydroxylation is 4. The van der Waals surface area contributed by atoms with Gasteiger partial charge in [0.2, 0.25) is 0 Å². The lowest BCUT2D eigenvalue weighted by Gasteiger charge is -2.17.